The summed E-state index contributed by atoms with van der Waals surface area (Å²) in [5.41, 5.74) is 5.31. The SMILES string of the molecule is Cc1cccc(-c2cccc3ocnc23)c1. The lowest BCUT2D eigenvalue weighted by molar-refractivity contribution is 0.602. The Morgan fingerprint density at radius 1 is 1.06 bits per heavy atom. The first kappa shape index (κ1) is 9.16. The number of aromatic nitrogens is 1. The minimum Gasteiger partial charge on any atom is -0.443 e. The first-order valence-electron chi connectivity index (χ1n) is 5.24. The second-order valence-corrected chi connectivity index (χ2v) is 3.87. The highest BCUT2D eigenvalue weighted by Gasteiger charge is 2.06. The number of hydrogen-bond acceptors (Lipinski definition) is 2. The van der Waals surface area contributed by atoms with Gasteiger partial charge in [0.2, 0.25) is 0 Å². The Labute approximate surface area is 93.5 Å². The Bertz CT molecular complexity index is 640. The van der Waals surface area contributed by atoms with Crippen molar-refractivity contribution in [2.24, 2.45) is 0 Å². The number of nitrogens with zero attached hydrogens (tertiary/aromatic N) is 1. The van der Waals surface area contributed by atoms with Crippen LogP contribution in [0.4, 0.5) is 0 Å². The largest absolute Gasteiger partial charge is 0.443 e. The zero-order chi connectivity index (χ0) is 11.0. The molecular weight excluding hydrogens is 198 g/mol. The fourth-order valence-electron chi connectivity index (χ4n) is 1.93. The van der Waals surface area contributed by atoms with E-state index in [1.165, 1.54) is 17.5 Å². The van der Waals surface area contributed by atoms with Gasteiger partial charge in [-0.3, -0.25) is 0 Å². The van der Waals surface area contributed by atoms with Crippen LogP contribution in [0.3, 0.4) is 0 Å². The molecule has 0 aliphatic rings. The van der Waals surface area contributed by atoms with Crippen LogP contribution in [0.15, 0.2) is 53.3 Å². The number of para-hydroxylation sites is 1. The molecule has 0 aliphatic heterocycles. The normalized spacial score (nSPS) is 10.8. The summed E-state index contributed by atoms with van der Waals surface area (Å²) >= 11 is 0. The van der Waals surface area contributed by atoms with E-state index < -0.39 is 0 Å². The van der Waals surface area contributed by atoms with Gasteiger partial charge >= 0.3 is 0 Å². The van der Waals surface area contributed by atoms with E-state index in [4.69, 9.17) is 4.42 Å². The molecule has 78 valence electrons. The summed E-state index contributed by atoms with van der Waals surface area (Å²) < 4.78 is 5.30. The molecule has 3 rings (SSSR count). The van der Waals surface area contributed by atoms with Crippen molar-refractivity contribution in [2.45, 2.75) is 6.92 Å². The molecule has 2 nitrogen and oxygen atoms in total. The van der Waals surface area contributed by atoms with Gasteiger partial charge in [0, 0.05) is 5.56 Å². The quantitative estimate of drug-likeness (QED) is 0.609. The van der Waals surface area contributed by atoms with Gasteiger partial charge in [-0.25, -0.2) is 4.98 Å². The Balaban J connectivity index is 2.29. The van der Waals surface area contributed by atoms with Gasteiger partial charge in [-0.15, -0.1) is 0 Å². The van der Waals surface area contributed by atoms with E-state index in [-0.39, 0.29) is 0 Å². The first-order valence-corrected chi connectivity index (χ1v) is 5.24. The summed E-state index contributed by atoms with van der Waals surface area (Å²) in [6, 6.07) is 14.4. The summed E-state index contributed by atoms with van der Waals surface area (Å²) in [7, 11) is 0. The maximum absolute atomic E-state index is 5.30. The molecule has 1 aromatic heterocycles. The Hall–Kier alpha value is -2.09. The minimum absolute atomic E-state index is 0.832. The van der Waals surface area contributed by atoms with E-state index in [2.05, 4.69) is 42.2 Å². The maximum Gasteiger partial charge on any atom is 0.182 e. The Kier molecular flexibility index (Phi) is 2.00. The zero-order valence-corrected chi connectivity index (χ0v) is 8.97. The van der Waals surface area contributed by atoms with Gasteiger partial charge in [0.25, 0.3) is 0 Å². The fraction of sp³-hybridized carbons (Fsp3) is 0.0714. The molecule has 0 radical (unpaired) electrons. The third-order valence-corrected chi connectivity index (χ3v) is 2.69. The number of rotatable bonds is 1. The molecule has 0 aliphatic carbocycles. The zero-order valence-electron chi connectivity index (χ0n) is 8.97. The Morgan fingerprint density at radius 3 is 2.81 bits per heavy atom. The molecule has 0 atom stereocenters. The van der Waals surface area contributed by atoms with Crippen molar-refractivity contribution in [1.29, 1.82) is 0 Å². The molecule has 0 amide bonds. The van der Waals surface area contributed by atoms with Crippen LogP contribution in [0.1, 0.15) is 5.56 Å². The molecule has 3 aromatic rings. The number of fused-ring (bicyclic) bond motifs is 1. The van der Waals surface area contributed by atoms with Crippen LogP contribution < -0.4 is 0 Å². The molecule has 1 heterocycles. The van der Waals surface area contributed by atoms with Crippen molar-refractivity contribution in [1.82, 2.24) is 4.98 Å². The average molecular weight is 209 g/mol. The van der Waals surface area contributed by atoms with Crippen molar-refractivity contribution >= 4 is 11.1 Å². The van der Waals surface area contributed by atoms with Gasteiger partial charge < -0.3 is 4.42 Å². The van der Waals surface area contributed by atoms with Crippen molar-refractivity contribution < 1.29 is 4.42 Å². The predicted octanol–water partition coefficient (Wildman–Crippen LogP) is 3.80. The molecule has 0 fully saturated rings. The molecular formula is C14H11NO. The molecule has 0 spiro atoms. The van der Waals surface area contributed by atoms with Crippen LogP contribution in [0.2, 0.25) is 0 Å². The van der Waals surface area contributed by atoms with E-state index in [9.17, 15) is 0 Å². The third-order valence-electron chi connectivity index (χ3n) is 2.69. The molecule has 16 heavy (non-hydrogen) atoms. The van der Waals surface area contributed by atoms with Gasteiger partial charge in [-0.1, -0.05) is 42.0 Å². The molecule has 2 aromatic carbocycles. The van der Waals surface area contributed by atoms with Gasteiger partial charge in [0.05, 0.1) is 0 Å². The fourth-order valence-corrected chi connectivity index (χ4v) is 1.93. The standard InChI is InChI=1S/C14H11NO/c1-10-4-2-5-11(8-10)12-6-3-7-13-14(12)15-9-16-13/h2-9H,1H3. The maximum atomic E-state index is 5.30. The average Bonchev–Trinajstić information content (AvgIpc) is 2.76. The Morgan fingerprint density at radius 2 is 1.94 bits per heavy atom. The summed E-state index contributed by atoms with van der Waals surface area (Å²) in [6.45, 7) is 2.09. The highest BCUT2D eigenvalue weighted by molar-refractivity contribution is 5.90. The third kappa shape index (κ3) is 1.39. The van der Waals surface area contributed by atoms with Crippen LogP contribution in [-0.4, -0.2) is 4.98 Å². The lowest BCUT2D eigenvalue weighted by atomic mass is 10.0. The van der Waals surface area contributed by atoms with Crippen LogP contribution >= 0.6 is 0 Å². The lowest BCUT2D eigenvalue weighted by Crippen LogP contribution is -1.81. The van der Waals surface area contributed by atoms with Crippen molar-refractivity contribution in [3.63, 3.8) is 0 Å². The van der Waals surface area contributed by atoms with Crippen molar-refractivity contribution in [3.05, 3.63) is 54.4 Å². The summed E-state index contributed by atoms with van der Waals surface area (Å²) in [6.07, 6.45) is 1.49. The van der Waals surface area contributed by atoms with Gasteiger partial charge in [-0.2, -0.15) is 0 Å². The van der Waals surface area contributed by atoms with E-state index in [0.717, 1.165) is 16.7 Å². The molecule has 0 N–H and O–H groups in total. The van der Waals surface area contributed by atoms with E-state index >= 15 is 0 Å². The van der Waals surface area contributed by atoms with Gasteiger partial charge in [-0.05, 0) is 18.6 Å². The van der Waals surface area contributed by atoms with Crippen LogP contribution in [0.25, 0.3) is 22.2 Å². The van der Waals surface area contributed by atoms with E-state index in [0.29, 0.717) is 0 Å². The monoisotopic (exact) mass is 209 g/mol. The second-order valence-electron chi connectivity index (χ2n) is 3.87. The molecule has 0 saturated heterocycles. The smallest absolute Gasteiger partial charge is 0.182 e. The minimum atomic E-state index is 0.832. The second kappa shape index (κ2) is 3.49. The number of benzene rings is 2. The van der Waals surface area contributed by atoms with E-state index in [1.807, 2.05) is 12.1 Å². The summed E-state index contributed by atoms with van der Waals surface area (Å²) in [5.74, 6) is 0. The number of hydrogen-bond donors (Lipinski definition) is 0. The van der Waals surface area contributed by atoms with Crippen molar-refractivity contribution in [3.8, 4) is 11.1 Å². The van der Waals surface area contributed by atoms with E-state index in [1.54, 1.807) is 0 Å². The highest BCUT2D eigenvalue weighted by Crippen LogP contribution is 2.27. The number of oxazole rings is 1. The lowest BCUT2D eigenvalue weighted by Gasteiger charge is -2.02. The molecule has 0 unspecified atom stereocenters. The summed E-state index contributed by atoms with van der Waals surface area (Å²) in [5, 5.41) is 0. The first-order chi connectivity index (χ1) is 7.84. The van der Waals surface area contributed by atoms with Gasteiger partial charge in [0.1, 0.15) is 5.52 Å². The van der Waals surface area contributed by atoms with Crippen LogP contribution in [-0.2, 0) is 0 Å². The van der Waals surface area contributed by atoms with Crippen molar-refractivity contribution in [2.75, 3.05) is 0 Å². The summed E-state index contributed by atoms with van der Waals surface area (Å²) in [4.78, 5) is 4.26. The number of aryl methyl sites for hydroxylation is 1. The molecule has 2 heteroatoms. The molecule has 0 bridgehead atoms. The highest BCUT2D eigenvalue weighted by atomic mass is 16.3. The molecule has 0 saturated carbocycles. The van der Waals surface area contributed by atoms with Gasteiger partial charge in [0.15, 0.2) is 12.0 Å². The predicted molar refractivity (Wildman–Crippen MR) is 64.2 cm³/mol. The van der Waals surface area contributed by atoms with Crippen LogP contribution in [0, 0.1) is 6.92 Å². The van der Waals surface area contributed by atoms with Crippen LogP contribution in [0.5, 0.6) is 0 Å². The topological polar surface area (TPSA) is 26.0 Å².